The van der Waals surface area contributed by atoms with Gasteiger partial charge in [-0.05, 0) is 55.5 Å². The van der Waals surface area contributed by atoms with Gasteiger partial charge in [0.2, 0.25) is 0 Å². The minimum Gasteiger partial charge on any atom is -0.0683 e. The first-order chi connectivity index (χ1) is 10.6. The average molecular weight is 294 g/mol. The molecule has 0 saturated heterocycles. The van der Waals surface area contributed by atoms with Gasteiger partial charge < -0.3 is 0 Å². The van der Waals surface area contributed by atoms with Gasteiger partial charge in [-0.15, -0.1) is 0 Å². The van der Waals surface area contributed by atoms with E-state index >= 15 is 0 Å². The van der Waals surface area contributed by atoms with Crippen LogP contribution in [0.4, 0.5) is 0 Å². The molecule has 118 valence electrons. The molecule has 0 radical (unpaired) electrons. The lowest BCUT2D eigenvalue weighted by molar-refractivity contribution is 1.38. The van der Waals surface area contributed by atoms with E-state index in [1.165, 1.54) is 44.5 Å². The minimum atomic E-state index is 1.33. The normalized spacial score (nSPS) is 10.6. The van der Waals surface area contributed by atoms with Crippen LogP contribution < -0.4 is 0 Å². The summed E-state index contributed by atoms with van der Waals surface area (Å²) in [5.41, 5.74) is 11.0. The second kappa shape index (κ2) is 7.98. The molecule has 0 nitrogen and oxygen atoms in total. The first-order valence-corrected chi connectivity index (χ1v) is 8.48. The molecular weight excluding hydrogens is 264 g/mol. The number of hydrogen-bond donors (Lipinski definition) is 0. The monoisotopic (exact) mass is 294 g/mol. The summed E-state index contributed by atoms with van der Waals surface area (Å²) in [7, 11) is 0. The first kappa shape index (κ1) is 18.2. The molecule has 0 bridgehead atoms. The SMILES string of the molecule is CC.CC.CC(C)=C1c2cc(C)ccc2-c2ccc(C)cc21. The van der Waals surface area contributed by atoms with Crippen LogP contribution in [-0.4, -0.2) is 0 Å². The molecule has 0 fully saturated rings. The van der Waals surface area contributed by atoms with E-state index in [0.29, 0.717) is 0 Å². The van der Waals surface area contributed by atoms with Crippen molar-refractivity contribution in [2.45, 2.75) is 55.4 Å². The van der Waals surface area contributed by atoms with Crippen LogP contribution >= 0.6 is 0 Å². The standard InChI is InChI=1S/C18H18.2C2H6/c1-11(2)18-16-9-12(3)5-7-14(16)15-8-6-13(4)10-17(15)18;2*1-2/h5-10H,1-4H3;2*1-2H3. The lowest BCUT2D eigenvalue weighted by Crippen LogP contribution is -1.86. The Labute approximate surface area is 136 Å². The minimum absolute atomic E-state index is 1.33. The molecule has 0 amide bonds. The lowest BCUT2D eigenvalue weighted by atomic mass is 9.98. The van der Waals surface area contributed by atoms with E-state index in [4.69, 9.17) is 0 Å². The van der Waals surface area contributed by atoms with Crippen molar-refractivity contribution < 1.29 is 0 Å². The van der Waals surface area contributed by atoms with Gasteiger partial charge in [0, 0.05) is 0 Å². The Balaban J connectivity index is 0.000000561. The summed E-state index contributed by atoms with van der Waals surface area (Å²) in [5, 5.41) is 0. The highest BCUT2D eigenvalue weighted by atomic mass is 14.3. The molecule has 0 heteroatoms. The van der Waals surface area contributed by atoms with E-state index in [0.717, 1.165) is 0 Å². The van der Waals surface area contributed by atoms with Crippen LogP contribution in [0, 0.1) is 13.8 Å². The second-order valence-electron chi connectivity index (χ2n) is 5.47. The summed E-state index contributed by atoms with van der Waals surface area (Å²) in [5.74, 6) is 0. The Hall–Kier alpha value is -1.82. The Morgan fingerprint density at radius 2 is 0.955 bits per heavy atom. The number of rotatable bonds is 0. The average Bonchev–Trinajstić information content (AvgIpc) is 2.83. The molecule has 2 aromatic rings. The molecule has 1 aliphatic rings. The zero-order valence-electron chi connectivity index (χ0n) is 15.5. The van der Waals surface area contributed by atoms with Gasteiger partial charge in [0.25, 0.3) is 0 Å². The predicted molar refractivity (Wildman–Crippen MR) is 101 cm³/mol. The van der Waals surface area contributed by atoms with Crippen LogP contribution in [-0.2, 0) is 0 Å². The van der Waals surface area contributed by atoms with E-state index in [1.54, 1.807) is 0 Å². The lowest BCUT2D eigenvalue weighted by Gasteiger charge is -2.06. The molecule has 0 unspecified atom stereocenters. The Bertz CT molecular complexity index is 615. The molecule has 3 rings (SSSR count). The van der Waals surface area contributed by atoms with Crippen molar-refractivity contribution in [2.24, 2.45) is 0 Å². The van der Waals surface area contributed by atoms with Crippen LogP contribution in [0.1, 0.15) is 63.8 Å². The summed E-state index contributed by atoms with van der Waals surface area (Å²) < 4.78 is 0. The smallest absolute Gasteiger partial charge is 0.00970 e. The Morgan fingerprint density at radius 1 is 0.591 bits per heavy atom. The molecule has 2 aromatic carbocycles. The molecule has 0 heterocycles. The highest BCUT2D eigenvalue weighted by Gasteiger charge is 2.23. The molecular formula is C22H30. The van der Waals surface area contributed by atoms with Gasteiger partial charge in [0.15, 0.2) is 0 Å². The number of aryl methyl sites for hydroxylation is 2. The maximum absolute atomic E-state index is 2.31. The van der Waals surface area contributed by atoms with E-state index in [9.17, 15) is 0 Å². The number of fused-ring (bicyclic) bond motifs is 3. The summed E-state index contributed by atoms with van der Waals surface area (Å²) in [6.07, 6.45) is 0. The van der Waals surface area contributed by atoms with Gasteiger partial charge in [-0.2, -0.15) is 0 Å². The van der Waals surface area contributed by atoms with E-state index < -0.39 is 0 Å². The van der Waals surface area contributed by atoms with Crippen molar-refractivity contribution in [1.82, 2.24) is 0 Å². The highest BCUT2D eigenvalue weighted by Crippen LogP contribution is 2.46. The maximum Gasteiger partial charge on any atom is -0.00970 e. The second-order valence-corrected chi connectivity index (χ2v) is 5.47. The van der Waals surface area contributed by atoms with Crippen LogP contribution in [0.15, 0.2) is 42.0 Å². The fourth-order valence-corrected chi connectivity index (χ4v) is 2.88. The first-order valence-electron chi connectivity index (χ1n) is 8.48. The Kier molecular flexibility index (Phi) is 6.61. The van der Waals surface area contributed by atoms with Gasteiger partial charge in [0.1, 0.15) is 0 Å². The van der Waals surface area contributed by atoms with Crippen molar-refractivity contribution in [2.75, 3.05) is 0 Å². The molecule has 0 aliphatic heterocycles. The topological polar surface area (TPSA) is 0 Å². The van der Waals surface area contributed by atoms with Gasteiger partial charge in [-0.3, -0.25) is 0 Å². The van der Waals surface area contributed by atoms with E-state index in [-0.39, 0.29) is 0 Å². The van der Waals surface area contributed by atoms with Gasteiger partial charge >= 0.3 is 0 Å². The summed E-state index contributed by atoms with van der Waals surface area (Å²) in [6.45, 7) is 16.7. The van der Waals surface area contributed by atoms with Crippen LogP contribution in [0.2, 0.25) is 0 Å². The number of benzene rings is 2. The maximum atomic E-state index is 2.31. The predicted octanol–water partition coefficient (Wildman–Crippen LogP) is 7.18. The third kappa shape index (κ3) is 3.32. The van der Waals surface area contributed by atoms with Crippen molar-refractivity contribution in [3.63, 3.8) is 0 Å². The fraction of sp³-hybridized carbons (Fsp3) is 0.364. The summed E-state index contributed by atoms with van der Waals surface area (Å²) in [4.78, 5) is 0. The molecule has 1 aliphatic carbocycles. The zero-order chi connectivity index (χ0) is 16.9. The van der Waals surface area contributed by atoms with Crippen molar-refractivity contribution in [3.8, 4) is 11.1 Å². The number of allylic oxidation sites excluding steroid dienone is 1. The molecule has 0 saturated carbocycles. The van der Waals surface area contributed by atoms with Gasteiger partial charge in [0.05, 0.1) is 0 Å². The van der Waals surface area contributed by atoms with Crippen LogP contribution in [0.25, 0.3) is 16.7 Å². The quantitative estimate of drug-likeness (QED) is 0.412. The molecule has 0 N–H and O–H groups in total. The van der Waals surface area contributed by atoms with Gasteiger partial charge in [-0.1, -0.05) is 80.8 Å². The zero-order valence-corrected chi connectivity index (χ0v) is 15.5. The summed E-state index contributed by atoms with van der Waals surface area (Å²) in [6, 6.07) is 13.6. The molecule has 0 atom stereocenters. The highest BCUT2D eigenvalue weighted by molar-refractivity contribution is 6.02. The third-order valence-electron chi connectivity index (χ3n) is 3.68. The molecule has 0 spiro atoms. The Morgan fingerprint density at radius 3 is 1.27 bits per heavy atom. The van der Waals surface area contributed by atoms with E-state index in [1.807, 2.05) is 27.7 Å². The van der Waals surface area contributed by atoms with Crippen molar-refractivity contribution in [1.29, 1.82) is 0 Å². The van der Waals surface area contributed by atoms with Crippen LogP contribution in [0.5, 0.6) is 0 Å². The molecule has 0 aromatic heterocycles. The van der Waals surface area contributed by atoms with E-state index in [2.05, 4.69) is 64.1 Å². The van der Waals surface area contributed by atoms with Crippen LogP contribution in [0.3, 0.4) is 0 Å². The summed E-state index contributed by atoms with van der Waals surface area (Å²) >= 11 is 0. The van der Waals surface area contributed by atoms with Crippen molar-refractivity contribution >= 4 is 5.57 Å². The van der Waals surface area contributed by atoms with Gasteiger partial charge in [-0.25, -0.2) is 0 Å². The van der Waals surface area contributed by atoms with Crippen molar-refractivity contribution in [3.05, 3.63) is 64.2 Å². The molecule has 22 heavy (non-hydrogen) atoms. The largest absolute Gasteiger partial charge is 0.0683 e. The fourth-order valence-electron chi connectivity index (χ4n) is 2.88. The number of hydrogen-bond acceptors (Lipinski definition) is 0. The third-order valence-corrected chi connectivity index (χ3v) is 3.68.